The van der Waals surface area contributed by atoms with Gasteiger partial charge in [0, 0.05) is 17.6 Å². The highest BCUT2D eigenvalue weighted by Gasteiger charge is 2.58. The van der Waals surface area contributed by atoms with E-state index in [-0.39, 0.29) is 41.0 Å². The number of nitrogens with one attached hydrogen (secondary N) is 1. The zero-order valence-corrected chi connectivity index (χ0v) is 20.9. The highest BCUT2D eigenvalue weighted by atomic mass is 16.5. The topological polar surface area (TPSA) is 94.2 Å². The Kier molecular flexibility index (Phi) is 6.81. The standard InChI is InChI=1S/C28H32N2O6/c1-34-21-14-17(15-22(35-2)28(21)36-3)25(31)27(33)24-26(32)20-12-6-11-19(30(20)24)23-18-10-5-4-8-16(18)9-7-13-29-23/h4-5,8,10,14-15,19-20,23-24,29H,6-7,9,11-13H2,1-3H3. The molecule has 1 N–H and O–H groups in total. The second kappa shape index (κ2) is 10.0. The van der Waals surface area contributed by atoms with Crippen molar-refractivity contribution in [1.82, 2.24) is 10.2 Å². The number of carbonyl (C=O) groups excluding carboxylic acids is 3. The molecule has 3 aliphatic heterocycles. The average Bonchev–Trinajstić information content (AvgIpc) is 3.13. The molecule has 5 rings (SSSR count). The molecular weight excluding hydrogens is 460 g/mol. The largest absolute Gasteiger partial charge is 0.493 e. The number of piperidine rings is 1. The van der Waals surface area contributed by atoms with Gasteiger partial charge in [0.05, 0.1) is 27.4 Å². The van der Waals surface area contributed by atoms with Crippen molar-refractivity contribution in [3.05, 3.63) is 53.1 Å². The van der Waals surface area contributed by atoms with E-state index in [1.807, 2.05) is 11.0 Å². The van der Waals surface area contributed by atoms with Gasteiger partial charge < -0.3 is 19.5 Å². The molecule has 0 bridgehead atoms. The molecule has 2 aromatic carbocycles. The molecule has 4 atom stereocenters. The molecule has 0 radical (unpaired) electrons. The quantitative estimate of drug-likeness (QED) is 0.358. The SMILES string of the molecule is COc1cc(C(=O)C(=O)C2C(=O)C3CCCC(C4NCCCc5ccccc54)N32)cc(OC)c1OC. The van der Waals surface area contributed by atoms with Crippen LogP contribution in [0.15, 0.2) is 36.4 Å². The predicted molar refractivity (Wildman–Crippen MR) is 133 cm³/mol. The first-order valence-electron chi connectivity index (χ1n) is 12.5. The van der Waals surface area contributed by atoms with E-state index < -0.39 is 17.6 Å². The molecule has 0 amide bonds. The molecule has 0 aliphatic carbocycles. The van der Waals surface area contributed by atoms with Crippen LogP contribution in [0.4, 0.5) is 0 Å². The molecule has 0 aromatic heterocycles. The zero-order chi connectivity index (χ0) is 25.4. The summed E-state index contributed by atoms with van der Waals surface area (Å²) in [6, 6.07) is 9.89. The number of Topliss-reactive ketones (excluding diaryl/α,β-unsaturated/α-hetero) is 3. The maximum absolute atomic E-state index is 13.5. The van der Waals surface area contributed by atoms with E-state index in [0.717, 1.165) is 32.2 Å². The minimum atomic E-state index is -1.07. The number of rotatable bonds is 7. The summed E-state index contributed by atoms with van der Waals surface area (Å²) >= 11 is 0. The van der Waals surface area contributed by atoms with E-state index in [1.54, 1.807) is 0 Å². The van der Waals surface area contributed by atoms with Crippen molar-refractivity contribution in [3.63, 3.8) is 0 Å². The molecule has 0 saturated carbocycles. The summed E-state index contributed by atoms with van der Waals surface area (Å²) in [7, 11) is 4.36. The van der Waals surface area contributed by atoms with Gasteiger partial charge in [-0.25, -0.2) is 0 Å². The molecule has 2 fully saturated rings. The maximum Gasteiger partial charge on any atom is 0.231 e. The lowest BCUT2D eigenvalue weighted by Crippen LogP contribution is -2.74. The third kappa shape index (κ3) is 3.98. The molecule has 3 heterocycles. The van der Waals surface area contributed by atoms with Crippen molar-refractivity contribution >= 4 is 17.3 Å². The van der Waals surface area contributed by atoms with Crippen LogP contribution >= 0.6 is 0 Å². The van der Waals surface area contributed by atoms with E-state index in [1.165, 1.54) is 44.6 Å². The Hall–Kier alpha value is -3.23. The number of benzene rings is 2. The fraction of sp³-hybridized carbons (Fsp3) is 0.464. The number of methoxy groups -OCH3 is 3. The molecule has 0 spiro atoms. The lowest BCUT2D eigenvalue weighted by atomic mass is 9.74. The summed E-state index contributed by atoms with van der Waals surface area (Å²) in [5.41, 5.74) is 2.64. The third-order valence-corrected chi connectivity index (χ3v) is 7.78. The van der Waals surface area contributed by atoms with Crippen molar-refractivity contribution in [2.75, 3.05) is 27.9 Å². The van der Waals surface area contributed by atoms with Gasteiger partial charge in [-0.05, 0) is 61.9 Å². The van der Waals surface area contributed by atoms with Crippen molar-refractivity contribution in [3.8, 4) is 17.2 Å². The van der Waals surface area contributed by atoms with Crippen LogP contribution in [0.5, 0.6) is 17.2 Å². The Morgan fingerprint density at radius 1 is 0.972 bits per heavy atom. The van der Waals surface area contributed by atoms with Crippen molar-refractivity contribution in [2.24, 2.45) is 0 Å². The van der Waals surface area contributed by atoms with Gasteiger partial charge in [-0.3, -0.25) is 19.3 Å². The normalized spacial score (nSPS) is 25.6. The van der Waals surface area contributed by atoms with E-state index >= 15 is 0 Å². The Morgan fingerprint density at radius 3 is 2.39 bits per heavy atom. The first-order chi connectivity index (χ1) is 17.5. The van der Waals surface area contributed by atoms with Gasteiger partial charge in [0.15, 0.2) is 17.3 Å². The number of carbonyl (C=O) groups is 3. The minimum Gasteiger partial charge on any atom is -0.493 e. The molecule has 4 unspecified atom stereocenters. The molecule has 2 saturated heterocycles. The highest BCUT2D eigenvalue weighted by molar-refractivity contribution is 6.49. The minimum absolute atomic E-state index is 0.00572. The number of ether oxygens (including phenoxy) is 3. The van der Waals surface area contributed by atoms with Gasteiger partial charge in [0.1, 0.15) is 6.04 Å². The monoisotopic (exact) mass is 492 g/mol. The van der Waals surface area contributed by atoms with Crippen molar-refractivity contribution in [1.29, 1.82) is 0 Å². The van der Waals surface area contributed by atoms with E-state index in [9.17, 15) is 14.4 Å². The lowest BCUT2D eigenvalue weighted by Gasteiger charge is -2.55. The molecule has 8 heteroatoms. The van der Waals surface area contributed by atoms with E-state index in [2.05, 4.69) is 23.5 Å². The lowest BCUT2D eigenvalue weighted by molar-refractivity contribution is -0.159. The molecule has 2 aromatic rings. The van der Waals surface area contributed by atoms with Gasteiger partial charge in [0.2, 0.25) is 17.3 Å². The summed E-state index contributed by atoms with van der Waals surface area (Å²) in [6.45, 7) is 0.866. The number of aryl methyl sites for hydroxylation is 1. The number of ketones is 3. The Bertz CT molecular complexity index is 1170. The number of hydrogen-bond acceptors (Lipinski definition) is 8. The third-order valence-electron chi connectivity index (χ3n) is 7.78. The summed E-state index contributed by atoms with van der Waals surface area (Å²) in [5, 5.41) is 3.67. The van der Waals surface area contributed by atoms with Crippen LogP contribution in [0.3, 0.4) is 0 Å². The second-order valence-electron chi connectivity index (χ2n) is 9.61. The first-order valence-corrected chi connectivity index (χ1v) is 12.5. The van der Waals surface area contributed by atoms with Crippen LogP contribution in [-0.2, 0) is 16.0 Å². The van der Waals surface area contributed by atoms with Crippen LogP contribution in [0.25, 0.3) is 0 Å². The Morgan fingerprint density at radius 2 is 1.69 bits per heavy atom. The van der Waals surface area contributed by atoms with E-state index in [4.69, 9.17) is 14.2 Å². The van der Waals surface area contributed by atoms with Gasteiger partial charge >= 0.3 is 0 Å². The summed E-state index contributed by atoms with van der Waals surface area (Å²) in [5.74, 6) is -0.712. The molecule has 3 aliphatic rings. The first kappa shape index (κ1) is 24.5. The number of nitrogens with zero attached hydrogens (tertiary/aromatic N) is 1. The number of fused-ring (bicyclic) bond motifs is 2. The second-order valence-corrected chi connectivity index (χ2v) is 9.61. The zero-order valence-electron chi connectivity index (χ0n) is 20.9. The van der Waals surface area contributed by atoms with Crippen LogP contribution in [-0.4, -0.2) is 68.2 Å². The summed E-state index contributed by atoms with van der Waals surface area (Å²) in [4.78, 5) is 42.1. The molecule has 190 valence electrons. The van der Waals surface area contributed by atoms with E-state index in [0.29, 0.717) is 12.2 Å². The average molecular weight is 493 g/mol. The van der Waals surface area contributed by atoms with Gasteiger partial charge in [0.25, 0.3) is 0 Å². The Labute approximate surface area is 210 Å². The van der Waals surface area contributed by atoms with Gasteiger partial charge in [-0.2, -0.15) is 0 Å². The van der Waals surface area contributed by atoms with Crippen molar-refractivity contribution < 1.29 is 28.6 Å². The van der Waals surface area contributed by atoms with Crippen LogP contribution in [0.1, 0.15) is 53.2 Å². The molecule has 36 heavy (non-hydrogen) atoms. The van der Waals surface area contributed by atoms with Crippen LogP contribution < -0.4 is 19.5 Å². The number of hydrogen-bond donors (Lipinski definition) is 1. The molecule has 8 nitrogen and oxygen atoms in total. The fourth-order valence-corrected chi connectivity index (χ4v) is 6.09. The van der Waals surface area contributed by atoms with Gasteiger partial charge in [-0.1, -0.05) is 24.3 Å². The summed E-state index contributed by atoms with van der Waals surface area (Å²) in [6.07, 6.45) is 4.52. The summed E-state index contributed by atoms with van der Waals surface area (Å²) < 4.78 is 16.0. The fourth-order valence-electron chi connectivity index (χ4n) is 6.09. The van der Waals surface area contributed by atoms with Crippen molar-refractivity contribution in [2.45, 2.75) is 56.3 Å². The predicted octanol–water partition coefficient (Wildman–Crippen LogP) is 2.92. The highest BCUT2D eigenvalue weighted by Crippen LogP contribution is 2.43. The Balaban J connectivity index is 1.46. The maximum atomic E-state index is 13.5. The smallest absolute Gasteiger partial charge is 0.231 e. The van der Waals surface area contributed by atoms with Crippen LogP contribution in [0, 0.1) is 0 Å². The molecular formula is C28H32N2O6. The van der Waals surface area contributed by atoms with Crippen LogP contribution in [0.2, 0.25) is 0 Å². The van der Waals surface area contributed by atoms with Gasteiger partial charge in [-0.15, -0.1) is 0 Å².